The van der Waals surface area contributed by atoms with Crippen molar-refractivity contribution in [2.45, 2.75) is 13.0 Å². The Labute approximate surface area is 192 Å². The van der Waals surface area contributed by atoms with E-state index in [0.717, 1.165) is 41.7 Å². The number of likely N-dealkylation sites (N-methyl/N-ethyl adjacent to an activating group) is 1. The maximum atomic E-state index is 12.5. The molecule has 2 N–H and O–H groups in total. The van der Waals surface area contributed by atoms with Crippen molar-refractivity contribution >= 4 is 10.9 Å². The van der Waals surface area contributed by atoms with Crippen LogP contribution < -0.4 is 5.56 Å². The van der Waals surface area contributed by atoms with E-state index in [0.29, 0.717) is 11.3 Å². The highest BCUT2D eigenvalue weighted by molar-refractivity contribution is 5.86. The predicted octanol–water partition coefficient (Wildman–Crippen LogP) is 4.65. The maximum Gasteiger partial charge on any atom is 0.273 e. The fraction of sp³-hybridized carbons (Fsp3) is 0.148. The Hall–Kier alpha value is -4.03. The van der Waals surface area contributed by atoms with Crippen LogP contribution in [0, 0.1) is 0 Å². The number of aromatic amines is 2. The molecule has 0 amide bonds. The summed E-state index contributed by atoms with van der Waals surface area (Å²) in [6.07, 6.45) is 4.45. The van der Waals surface area contributed by atoms with Gasteiger partial charge in [-0.25, -0.2) is 5.10 Å². The van der Waals surface area contributed by atoms with Crippen LogP contribution in [0.5, 0.6) is 0 Å². The molecule has 33 heavy (non-hydrogen) atoms. The Morgan fingerprint density at radius 3 is 2.55 bits per heavy atom. The van der Waals surface area contributed by atoms with E-state index in [-0.39, 0.29) is 5.56 Å². The van der Waals surface area contributed by atoms with Gasteiger partial charge in [0.25, 0.3) is 5.56 Å². The lowest BCUT2D eigenvalue weighted by atomic mass is 10.1. The number of nitrogens with one attached hydrogen (secondary N) is 2. The Morgan fingerprint density at radius 1 is 0.909 bits per heavy atom. The van der Waals surface area contributed by atoms with Crippen molar-refractivity contribution in [3.05, 3.63) is 107 Å². The molecule has 0 bridgehead atoms. The average Bonchev–Trinajstić information content (AvgIpc) is 3.27. The van der Waals surface area contributed by atoms with Crippen molar-refractivity contribution in [1.29, 1.82) is 0 Å². The van der Waals surface area contributed by atoms with Crippen LogP contribution >= 0.6 is 0 Å². The molecule has 3 heterocycles. The van der Waals surface area contributed by atoms with Gasteiger partial charge in [0, 0.05) is 41.9 Å². The van der Waals surface area contributed by atoms with Gasteiger partial charge in [0.2, 0.25) is 0 Å². The highest BCUT2D eigenvalue weighted by atomic mass is 16.1. The van der Waals surface area contributed by atoms with Crippen LogP contribution in [-0.2, 0) is 13.0 Å². The first kappa shape index (κ1) is 20.8. The lowest BCUT2D eigenvalue weighted by Gasteiger charge is -2.16. The third kappa shape index (κ3) is 4.76. The van der Waals surface area contributed by atoms with E-state index in [2.05, 4.69) is 74.6 Å². The van der Waals surface area contributed by atoms with Gasteiger partial charge in [-0.3, -0.25) is 9.78 Å². The molecule has 0 unspecified atom stereocenters. The number of rotatable bonds is 7. The van der Waals surface area contributed by atoms with Crippen LogP contribution in [0.1, 0.15) is 11.1 Å². The van der Waals surface area contributed by atoms with E-state index in [1.807, 2.05) is 30.3 Å². The molecule has 0 radical (unpaired) electrons. The zero-order chi connectivity index (χ0) is 22.6. The quantitative estimate of drug-likeness (QED) is 0.390. The normalized spacial score (nSPS) is 11.3. The summed E-state index contributed by atoms with van der Waals surface area (Å²) in [4.78, 5) is 22.3. The minimum atomic E-state index is -0.222. The van der Waals surface area contributed by atoms with Crippen molar-refractivity contribution < 1.29 is 0 Å². The summed E-state index contributed by atoms with van der Waals surface area (Å²) < 4.78 is 0. The van der Waals surface area contributed by atoms with Gasteiger partial charge in [0.15, 0.2) is 0 Å². The smallest absolute Gasteiger partial charge is 0.273 e. The van der Waals surface area contributed by atoms with Crippen molar-refractivity contribution in [2.24, 2.45) is 0 Å². The standard InChI is InChI=1S/C27H25N5O/c1-32(14-11-19-5-3-2-4-6-19)18-20-7-8-22-16-26(29-24(22)15-20)23-17-25(30-31-27(23)33)21-9-12-28-13-10-21/h2-10,12-13,15-17,29H,11,14,18H2,1H3,(H,31,33). The number of H-pyrrole nitrogens is 2. The predicted molar refractivity (Wildman–Crippen MR) is 132 cm³/mol. The summed E-state index contributed by atoms with van der Waals surface area (Å²) in [5.74, 6) is 0. The fourth-order valence-electron chi connectivity index (χ4n) is 4.05. The molecule has 6 nitrogen and oxygen atoms in total. The molecule has 0 aliphatic heterocycles. The molecule has 0 aliphatic carbocycles. The van der Waals surface area contributed by atoms with Crippen LogP contribution in [0.25, 0.3) is 33.4 Å². The second-order valence-electron chi connectivity index (χ2n) is 8.31. The van der Waals surface area contributed by atoms with E-state index in [9.17, 15) is 4.79 Å². The zero-order valence-electron chi connectivity index (χ0n) is 18.5. The van der Waals surface area contributed by atoms with Gasteiger partial charge in [-0.2, -0.15) is 5.10 Å². The molecule has 164 valence electrons. The van der Waals surface area contributed by atoms with E-state index in [4.69, 9.17) is 0 Å². The van der Waals surface area contributed by atoms with Crippen LogP contribution in [0.2, 0.25) is 0 Å². The summed E-state index contributed by atoms with van der Waals surface area (Å²) in [5.41, 5.74) is 6.31. The van der Waals surface area contributed by atoms with Crippen LogP contribution in [0.15, 0.2) is 90.0 Å². The number of pyridine rings is 1. The number of nitrogens with zero attached hydrogens (tertiary/aromatic N) is 3. The minimum Gasteiger partial charge on any atom is -0.354 e. The molecule has 0 spiro atoms. The third-order valence-electron chi connectivity index (χ3n) is 5.83. The van der Waals surface area contributed by atoms with Gasteiger partial charge in [-0.15, -0.1) is 0 Å². The summed E-state index contributed by atoms with van der Waals surface area (Å²) >= 11 is 0. The molecule has 0 aliphatic rings. The molecule has 5 rings (SSSR count). The largest absolute Gasteiger partial charge is 0.354 e. The van der Waals surface area contributed by atoms with Gasteiger partial charge in [0.05, 0.1) is 17.0 Å². The number of fused-ring (bicyclic) bond motifs is 1. The molecule has 0 fully saturated rings. The third-order valence-corrected chi connectivity index (χ3v) is 5.83. The Kier molecular flexibility index (Phi) is 5.83. The van der Waals surface area contributed by atoms with Crippen LogP contribution in [0.4, 0.5) is 0 Å². The summed E-state index contributed by atoms with van der Waals surface area (Å²) in [6, 6.07) is 24.5. The van der Waals surface area contributed by atoms with Gasteiger partial charge in [0.1, 0.15) is 0 Å². The van der Waals surface area contributed by atoms with Gasteiger partial charge in [-0.1, -0.05) is 42.5 Å². The van der Waals surface area contributed by atoms with Crippen LogP contribution in [0.3, 0.4) is 0 Å². The van der Waals surface area contributed by atoms with Crippen molar-refractivity contribution in [3.8, 4) is 22.5 Å². The topological polar surface area (TPSA) is 77.7 Å². The molecule has 0 saturated heterocycles. The summed E-state index contributed by atoms with van der Waals surface area (Å²) in [6.45, 7) is 1.85. The van der Waals surface area contributed by atoms with E-state index in [1.54, 1.807) is 12.4 Å². The summed E-state index contributed by atoms with van der Waals surface area (Å²) in [7, 11) is 2.14. The maximum absolute atomic E-state index is 12.5. The SMILES string of the molecule is CN(CCc1ccccc1)Cc1ccc2cc(-c3cc(-c4ccncc4)n[nH]c3=O)[nH]c2c1. The molecular weight excluding hydrogens is 410 g/mol. The van der Waals surface area contributed by atoms with Crippen molar-refractivity contribution in [2.75, 3.05) is 13.6 Å². The van der Waals surface area contributed by atoms with E-state index < -0.39 is 0 Å². The first-order chi connectivity index (χ1) is 16.2. The van der Waals surface area contributed by atoms with Gasteiger partial charge >= 0.3 is 0 Å². The molecule has 2 aromatic carbocycles. The Bertz CT molecular complexity index is 1420. The van der Waals surface area contributed by atoms with Gasteiger partial charge in [-0.05, 0) is 54.9 Å². The number of benzene rings is 2. The highest BCUT2D eigenvalue weighted by Crippen LogP contribution is 2.25. The summed E-state index contributed by atoms with van der Waals surface area (Å²) in [5, 5.41) is 7.88. The fourth-order valence-corrected chi connectivity index (χ4v) is 4.05. The first-order valence-electron chi connectivity index (χ1n) is 11.0. The highest BCUT2D eigenvalue weighted by Gasteiger charge is 2.11. The first-order valence-corrected chi connectivity index (χ1v) is 11.0. The molecular formula is C27H25N5O. The van der Waals surface area contributed by atoms with Crippen molar-refractivity contribution in [1.82, 2.24) is 25.1 Å². The van der Waals surface area contributed by atoms with Gasteiger partial charge < -0.3 is 9.88 Å². The number of hydrogen-bond acceptors (Lipinski definition) is 4. The molecule has 3 aromatic heterocycles. The number of hydrogen-bond donors (Lipinski definition) is 2. The lowest BCUT2D eigenvalue weighted by Crippen LogP contribution is -2.20. The monoisotopic (exact) mass is 435 g/mol. The Morgan fingerprint density at radius 2 is 1.73 bits per heavy atom. The Balaban J connectivity index is 1.36. The van der Waals surface area contributed by atoms with E-state index in [1.165, 1.54) is 11.1 Å². The second-order valence-corrected chi connectivity index (χ2v) is 8.31. The molecule has 0 saturated carbocycles. The molecule has 6 heteroatoms. The second kappa shape index (κ2) is 9.22. The zero-order valence-corrected chi connectivity index (χ0v) is 18.5. The minimum absolute atomic E-state index is 0.222. The van der Waals surface area contributed by atoms with E-state index >= 15 is 0 Å². The van der Waals surface area contributed by atoms with Crippen molar-refractivity contribution in [3.63, 3.8) is 0 Å². The lowest BCUT2D eigenvalue weighted by molar-refractivity contribution is 0.331. The average molecular weight is 436 g/mol. The number of aromatic nitrogens is 4. The molecule has 0 atom stereocenters. The van der Waals surface area contributed by atoms with Crippen LogP contribution in [-0.4, -0.2) is 38.7 Å². The molecule has 5 aromatic rings.